The molecule has 0 saturated heterocycles. The zero-order valence-electron chi connectivity index (χ0n) is 14.6. The van der Waals surface area contributed by atoms with E-state index < -0.39 is 0 Å². The summed E-state index contributed by atoms with van der Waals surface area (Å²) in [6, 6.07) is 12.2. The Bertz CT molecular complexity index is 791. The zero-order chi connectivity index (χ0) is 16.9. The van der Waals surface area contributed by atoms with Gasteiger partial charge in [-0.05, 0) is 26.1 Å². The minimum atomic E-state index is 0.626. The Morgan fingerprint density at radius 3 is 2.50 bits per heavy atom. The molecule has 126 valence electrons. The molecule has 0 aliphatic rings. The molecule has 5 heteroatoms. The number of benzene rings is 1. The lowest BCUT2D eigenvalue weighted by molar-refractivity contribution is 0.216. The molecular formula is C19H24N4O. The molecule has 5 nitrogen and oxygen atoms in total. The predicted octanol–water partition coefficient (Wildman–Crippen LogP) is 3.43. The van der Waals surface area contributed by atoms with Crippen LogP contribution < -0.4 is 4.74 Å². The number of hydrogen-bond donors (Lipinski definition) is 0. The molecule has 0 fully saturated rings. The van der Waals surface area contributed by atoms with Gasteiger partial charge >= 0.3 is 0 Å². The summed E-state index contributed by atoms with van der Waals surface area (Å²) in [5.74, 6) is 0.626. The number of ether oxygens (including phenoxy) is 1. The maximum Gasteiger partial charge on any atom is 0.231 e. The van der Waals surface area contributed by atoms with Crippen LogP contribution in [-0.4, -0.2) is 45.7 Å². The highest BCUT2D eigenvalue weighted by molar-refractivity contribution is 5.63. The first-order valence-corrected chi connectivity index (χ1v) is 8.48. The van der Waals surface area contributed by atoms with Crippen LogP contribution >= 0.6 is 0 Å². The van der Waals surface area contributed by atoms with Crippen molar-refractivity contribution in [1.82, 2.24) is 19.5 Å². The summed E-state index contributed by atoms with van der Waals surface area (Å²) in [6.45, 7) is 10.0. The normalized spacial score (nSPS) is 11.3. The smallest absolute Gasteiger partial charge is 0.231 e. The fourth-order valence-corrected chi connectivity index (χ4v) is 2.67. The molecule has 0 bridgehead atoms. The highest BCUT2D eigenvalue weighted by Crippen LogP contribution is 2.21. The lowest BCUT2D eigenvalue weighted by atomic mass is 10.1. The summed E-state index contributed by atoms with van der Waals surface area (Å²) in [7, 11) is 0. The summed E-state index contributed by atoms with van der Waals surface area (Å²) in [4.78, 5) is 6.76. The first kappa shape index (κ1) is 16.5. The number of hydrogen-bond acceptors (Lipinski definition) is 4. The minimum Gasteiger partial charge on any atom is -0.475 e. The molecule has 0 unspecified atom stereocenters. The fourth-order valence-electron chi connectivity index (χ4n) is 2.67. The molecule has 0 aliphatic heterocycles. The van der Waals surface area contributed by atoms with E-state index in [9.17, 15) is 0 Å². The van der Waals surface area contributed by atoms with E-state index in [0.717, 1.165) is 36.5 Å². The lowest BCUT2D eigenvalue weighted by Gasteiger charge is -2.17. The summed E-state index contributed by atoms with van der Waals surface area (Å²) < 4.78 is 7.67. The van der Waals surface area contributed by atoms with E-state index in [4.69, 9.17) is 4.74 Å². The predicted molar refractivity (Wildman–Crippen MR) is 96.4 cm³/mol. The van der Waals surface area contributed by atoms with Gasteiger partial charge in [0.15, 0.2) is 5.65 Å². The monoisotopic (exact) mass is 324 g/mol. The van der Waals surface area contributed by atoms with Crippen molar-refractivity contribution in [2.75, 3.05) is 26.2 Å². The van der Waals surface area contributed by atoms with E-state index in [2.05, 4.69) is 60.0 Å². The molecule has 1 aromatic carbocycles. The highest BCUT2D eigenvalue weighted by Gasteiger charge is 2.09. The van der Waals surface area contributed by atoms with Gasteiger partial charge in [0, 0.05) is 18.2 Å². The first-order valence-electron chi connectivity index (χ1n) is 8.48. The minimum absolute atomic E-state index is 0.626. The number of imidazole rings is 1. The number of nitrogens with zero attached hydrogens (tertiary/aromatic N) is 4. The van der Waals surface area contributed by atoms with Crippen LogP contribution in [-0.2, 0) is 0 Å². The van der Waals surface area contributed by atoms with Crippen LogP contribution in [0.15, 0.2) is 42.6 Å². The Kier molecular flexibility index (Phi) is 5.11. The average molecular weight is 324 g/mol. The third kappa shape index (κ3) is 3.57. The summed E-state index contributed by atoms with van der Waals surface area (Å²) in [5, 5.41) is 4.60. The Hall–Kier alpha value is -2.40. The molecule has 0 spiro atoms. The Morgan fingerprint density at radius 2 is 1.79 bits per heavy atom. The fraction of sp³-hybridized carbons (Fsp3) is 0.368. The lowest BCUT2D eigenvalue weighted by Crippen LogP contribution is -2.28. The number of aryl methyl sites for hydroxylation is 1. The summed E-state index contributed by atoms with van der Waals surface area (Å²) in [5.41, 5.74) is 4.13. The van der Waals surface area contributed by atoms with Crippen molar-refractivity contribution in [3.63, 3.8) is 0 Å². The first-order chi connectivity index (χ1) is 11.7. The number of likely N-dealkylation sites (N-methyl/N-ethyl adjacent to an activating group) is 1. The topological polar surface area (TPSA) is 42.7 Å². The molecule has 0 radical (unpaired) electrons. The van der Waals surface area contributed by atoms with E-state index in [1.165, 1.54) is 5.56 Å². The van der Waals surface area contributed by atoms with Crippen LogP contribution in [0.5, 0.6) is 5.88 Å². The number of rotatable bonds is 7. The number of aromatic nitrogens is 3. The van der Waals surface area contributed by atoms with E-state index >= 15 is 0 Å². The molecule has 2 aromatic heterocycles. The van der Waals surface area contributed by atoms with Crippen LogP contribution in [0, 0.1) is 6.92 Å². The van der Waals surface area contributed by atoms with Gasteiger partial charge in [0.1, 0.15) is 6.61 Å². The third-order valence-corrected chi connectivity index (χ3v) is 4.24. The van der Waals surface area contributed by atoms with E-state index in [1.54, 1.807) is 0 Å². The second-order valence-corrected chi connectivity index (χ2v) is 5.83. The zero-order valence-corrected chi connectivity index (χ0v) is 14.6. The molecule has 0 saturated carbocycles. The van der Waals surface area contributed by atoms with Crippen molar-refractivity contribution >= 4 is 5.65 Å². The van der Waals surface area contributed by atoms with Crippen LogP contribution in [0.4, 0.5) is 0 Å². The van der Waals surface area contributed by atoms with Gasteiger partial charge in [-0.25, -0.2) is 9.50 Å². The molecule has 0 aliphatic carbocycles. The van der Waals surface area contributed by atoms with E-state index in [-0.39, 0.29) is 0 Å². The Balaban J connectivity index is 1.79. The Labute approximate surface area is 142 Å². The molecule has 0 amide bonds. The molecule has 3 rings (SSSR count). The molecule has 2 heterocycles. The van der Waals surface area contributed by atoms with E-state index in [0.29, 0.717) is 12.5 Å². The largest absolute Gasteiger partial charge is 0.475 e. The summed E-state index contributed by atoms with van der Waals surface area (Å²) in [6.07, 6.45) is 1.85. The molecule has 0 atom stereocenters. The highest BCUT2D eigenvalue weighted by atomic mass is 16.5. The van der Waals surface area contributed by atoms with Crippen molar-refractivity contribution in [1.29, 1.82) is 0 Å². The van der Waals surface area contributed by atoms with Gasteiger partial charge in [-0.3, -0.25) is 0 Å². The second kappa shape index (κ2) is 7.45. The maximum atomic E-state index is 5.83. The third-order valence-electron chi connectivity index (χ3n) is 4.24. The van der Waals surface area contributed by atoms with Crippen molar-refractivity contribution in [2.45, 2.75) is 20.8 Å². The van der Waals surface area contributed by atoms with Gasteiger partial charge in [0.05, 0.1) is 11.9 Å². The second-order valence-electron chi connectivity index (χ2n) is 5.83. The molecule has 24 heavy (non-hydrogen) atoms. The Morgan fingerprint density at radius 1 is 1.04 bits per heavy atom. The quantitative estimate of drug-likeness (QED) is 0.668. The molecule has 0 N–H and O–H groups in total. The van der Waals surface area contributed by atoms with Gasteiger partial charge in [0.2, 0.25) is 5.88 Å². The van der Waals surface area contributed by atoms with Gasteiger partial charge in [-0.2, -0.15) is 0 Å². The van der Waals surface area contributed by atoms with Crippen molar-refractivity contribution < 1.29 is 4.74 Å². The van der Waals surface area contributed by atoms with Gasteiger partial charge in [-0.1, -0.05) is 43.7 Å². The average Bonchev–Trinajstić information content (AvgIpc) is 3.03. The van der Waals surface area contributed by atoms with Crippen molar-refractivity contribution in [3.8, 4) is 17.1 Å². The number of fused-ring (bicyclic) bond motifs is 1. The van der Waals surface area contributed by atoms with Gasteiger partial charge < -0.3 is 9.64 Å². The van der Waals surface area contributed by atoms with Crippen molar-refractivity contribution in [3.05, 3.63) is 48.2 Å². The van der Waals surface area contributed by atoms with Crippen LogP contribution in [0.2, 0.25) is 0 Å². The van der Waals surface area contributed by atoms with Gasteiger partial charge in [0.25, 0.3) is 0 Å². The van der Waals surface area contributed by atoms with E-state index in [1.807, 2.05) is 22.8 Å². The maximum absolute atomic E-state index is 5.83. The summed E-state index contributed by atoms with van der Waals surface area (Å²) >= 11 is 0. The molecule has 3 aromatic rings. The van der Waals surface area contributed by atoms with Crippen LogP contribution in [0.3, 0.4) is 0 Å². The molecular weight excluding hydrogens is 300 g/mol. The van der Waals surface area contributed by atoms with Crippen LogP contribution in [0.25, 0.3) is 16.9 Å². The van der Waals surface area contributed by atoms with Gasteiger partial charge in [-0.15, -0.1) is 5.10 Å². The van der Waals surface area contributed by atoms with Crippen molar-refractivity contribution in [2.24, 2.45) is 0 Å². The standard InChI is InChI=1S/C19H24N4O/c1-4-22(5-2)12-13-24-19-11-10-18-20-14-17(23(18)21-19)16-8-6-15(3)7-9-16/h6-11,14H,4-5,12-13H2,1-3H3. The van der Waals surface area contributed by atoms with Crippen LogP contribution in [0.1, 0.15) is 19.4 Å². The SMILES string of the molecule is CCN(CC)CCOc1ccc2ncc(-c3ccc(C)cc3)n2n1.